The lowest BCUT2D eigenvalue weighted by Crippen LogP contribution is -2.44. The van der Waals surface area contributed by atoms with Gasteiger partial charge in [-0.05, 0) is 80.3 Å². The number of hydrogen-bond donors (Lipinski definition) is 6. The van der Waals surface area contributed by atoms with E-state index in [1.165, 1.54) is 38.5 Å². The van der Waals surface area contributed by atoms with Gasteiger partial charge in [0, 0.05) is 12.3 Å². The first-order valence-electron chi connectivity index (χ1n) is 19.0. The maximum absolute atomic E-state index is 13.0. The number of hydrazine groups is 2. The molecule has 0 aliphatic heterocycles. The number of amides is 4. The van der Waals surface area contributed by atoms with E-state index in [9.17, 15) is 29.4 Å². The van der Waals surface area contributed by atoms with Crippen molar-refractivity contribution in [3.8, 4) is 11.5 Å². The highest BCUT2D eigenvalue weighted by molar-refractivity contribution is 5.98. The van der Waals surface area contributed by atoms with Crippen molar-refractivity contribution in [3.05, 3.63) is 58.7 Å². The molecule has 0 spiro atoms. The number of unbranched alkanes of at least 4 members (excludes halogenated alkanes) is 11. The molecule has 0 bridgehead atoms. The van der Waals surface area contributed by atoms with Crippen molar-refractivity contribution in [1.29, 1.82) is 0 Å². The predicted octanol–water partition coefficient (Wildman–Crippen LogP) is 8.10. The molecule has 10 heteroatoms. The van der Waals surface area contributed by atoms with E-state index in [0.717, 1.165) is 68.9 Å². The third kappa shape index (κ3) is 16.5. The van der Waals surface area contributed by atoms with Gasteiger partial charge in [0.05, 0.1) is 11.1 Å². The number of carbonyl (C=O) groups excluding carboxylic acids is 4. The summed E-state index contributed by atoms with van der Waals surface area (Å²) in [7, 11) is 0. The molecule has 0 saturated heterocycles. The maximum Gasteiger partial charge on any atom is 0.273 e. The second-order valence-corrected chi connectivity index (χ2v) is 13.4. The standard InChI is InChI=1S/C40H62N4O6/c1-4-7-10-12-15-19-30-24-26-33(35(45)28-30)39(49)43-41-37(47)23-18-14-17-22-32(21-9-6-3)38(48)42-44-40(50)34-27-25-31(29-36(34)46)20-16-13-11-8-5-2/h24-29,32,45-46H,4-23H2,1-3H3,(H,41,47)(H,42,48)(H,43,49)(H,44,50). The first kappa shape index (κ1) is 42.1. The molecule has 278 valence electrons. The van der Waals surface area contributed by atoms with E-state index in [1.807, 2.05) is 12.1 Å². The van der Waals surface area contributed by atoms with Crippen LogP contribution in [0.25, 0.3) is 0 Å². The SMILES string of the molecule is CCCCCCCc1ccc(C(=O)NNC(=O)CCCCCC(CCCC)C(=O)NNC(=O)c2ccc(CCCCCCC)cc2O)c(O)c1. The Balaban J connectivity index is 1.71. The van der Waals surface area contributed by atoms with Crippen LogP contribution in [0.5, 0.6) is 11.5 Å². The van der Waals surface area contributed by atoms with E-state index in [1.54, 1.807) is 24.3 Å². The summed E-state index contributed by atoms with van der Waals surface area (Å²) in [6.45, 7) is 6.41. The summed E-state index contributed by atoms with van der Waals surface area (Å²) in [6.07, 6.45) is 18.5. The van der Waals surface area contributed by atoms with E-state index in [0.29, 0.717) is 25.7 Å². The minimum Gasteiger partial charge on any atom is -0.507 e. The number of phenolic OH excluding ortho intramolecular Hbond substituents is 2. The molecule has 0 aliphatic carbocycles. The molecule has 10 nitrogen and oxygen atoms in total. The lowest BCUT2D eigenvalue weighted by atomic mass is 9.94. The number of hydrogen-bond acceptors (Lipinski definition) is 6. The van der Waals surface area contributed by atoms with Gasteiger partial charge in [-0.15, -0.1) is 0 Å². The second kappa shape index (κ2) is 25.0. The Labute approximate surface area is 299 Å². The maximum atomic E-state index is 13.0. The van der Waals surface area contributed by atoms with Crippen LogP contribution >= 0.6 is 0 Å². The smallest absolute Gasteiger partial charge is 0.273 e. The van der Waals surface area contributed by atoms with Crippen LogP contribution in [0.3, 0.4) is 0 Å². The van der Waals surface area contributed by atoms with Crippen LogP contribution in [0.4, 0.5) is 0 Å². The molecule has 0 fully saturated rings. The molecule has 0 aromatic heterocycles. The Morgan fingerprint density at radius 3 is 1.50 bits per heavy atom. The molecule has 0 radical (unpaired) electrons. The number of carbonyl (C=O) groups is 4. The molecule has 1 atom stereocenters. The number of aromatic hydroxyl groups is 2. The summed E-state index contributed by atoms with van der Waals surface area (Å²) in [5, 5.41) is 20.8. The molecule has 0 saturated carbocycles. The Bertz CT molecular complexity index is 1330. The first-order chi connectivity index (χ1) is 24.2. The van der Waals surface area contributed by atoms with Gasteiger partial charge in [-0.25, -0.2) is 0 Å². The summed E-state index contributed by atoms with van der Waals surface area (Å²) in [5.74, 6) is -2.29. The molecule has 1 unspecified atom stereocenters. The first-order valence-corrected chi connectivity index (χ1v) is 19.0. The van der Waals surface area contributed by atoms with Crippen LogP contribution in [0.1, 0.15) is 168 Å². The predicted molar refractivity (Wildman–Crippen MR) is 198 cm³/mol. The highest BCUT2D eigenvalue weighted by Gasteiger charge is 2.20. The van der Waals surface area contributed by atoms with Gasteiger partial charge >= 0.3 is 0 Å². The zero-order chi connectivity index (χ0) is 36.6. The van der Waals surface area contributed by atoms with Crippen LogP contribution in [0, 0.1) is 5.92 Å². The van der Waals surface area contributed by atoms with Crippen molar-refractivity contribution in [2.75, 3.05) is 0 Å². The third-order valence-electron chi connectivity index (χ3n) is 9.10. The average Bonchev–Trinajstić information content (AvgIpc) is 3.10. The number of phenols is 2. The Morgan fingerprint density at radius 2 is 1.00 bits per heavy atom. The van der Waals surface area contributed by atoms with Gasteiger partial charge in [-0.1, -0.05) is 110 Å². The van der Waals surface area contributed by atoms with Gasteiger partial charge in [0.25, 0.3) is 11.8 Å². The highest BCUT2D eigenvalue weighted by atomic mass is 16.3. The molecule has 4 amide bonds. The molecule has 50 heavy (non-hydrogen) atoms. The minimum atomic E-state index is -0.581. The molecule has 6 N–H and O–H groups in total. The highest BCUT2D eigenvalue weighted by Crippen LogP contribution is 2.22. The average molecular weight is 695 g/mol. The van der Waals surface area contributed by atoms with Crippen molar-refractivity contribution in [2.24, 2.45) is 5.92 Å². The van der Waals surface area contributed by atoms with Gasteiger partial charge < -0.3 is 10.2 Å². The van der Waals surface area contributed by atoms with Gasteiger partial charge in [-0.3, -0.25) is 40.9 Å². The van der Waals surface area contributed by atoms with Gasteiger partial charge in [-0.2, -0.15) is 0 Å². The third-order valence-corrected chi connectivity index (χ3v) is 9.10. The zero-order valence-electron chi connectivity index (χ0n) is 30.7. The van der Waals surface area contributed by atoms with E-state index >= 15 is 0 Å². The Kier molecular flexibility index (Phi) is 21.0. The van der Waals surface area contributed by atoms with Crippen molar-refractivity contribution < 1.29 is 29.4 Å². The topological polar surface area (TPSA) is 157 Å². The number of nitrogens with one attached hydrogen (secondary N) is 4. The fourth-order valence-corrected chi connectivity index (χ4v) is 5.97. The quantitative estimate of drug-likeness (QED) is 0.0482. The molecule has 2 rings (SSSR count). The van der Waals surface area contributed by atoms with Crippen molar-refractivity contribution in [2.45, 2.75) is 149 Å². The summed E-state index contributed by atoms with van der Waals surface area (Å²) < 4.78 is 0. The molecule has 0 heterocycles. The van der Waals surface area contributed by atoms with Gasteiger partial charge in [0.2, 0.25) is 11.8 Å². The van der Waals surface area contributed by atoms with Crippen LogP contribution in [-0.2, 0) is 22.4 Å². The molecular formula is C40H62N4O6. The normalized spacial score (nSPS) is 11.5. The summed E-state index contributed by atoms with van der Waals surface area (Å²) >= 11 is 0. The lowest BCUT2D eigenvalue weighted by molar-refractivity contribution is -0.126. The molecule has 2 aromatic rings. The van der Waals surface area contributed by atoms with E-state index in [-0.39, 0.29) is 46.8 Å². The number of aryl methyl sites for hydroxylation is 2. The summed E-state index contributed by atoms with van der Waals surface area (Å²) in [4.78, 5) is 50.5. The Hall–Kier alpha value is -4.08. The van der Waals surface area contributed by atoms with Crippen LogP contribution in [-0.4, -0.2) is 33.8 Å². The largest absolute Gasteiger partial charge is 0.507 e. The monoisotopic (exact) mass is 694 g/mol. The Morgan fingerprint density at radius 1 is 0.540 bits per heavy atom. The minimum absolute atomic E-state index is 0.103. The molecule has 2 aromatic carbocycles. The number of benzene rings is 2. The number of rotatable bonds is 24. The van der Waals surface area contributed by atoms with Crippen molar-refractivity contribution in [1.82, 2.24) is 21.7 Å². The van der Waals surface area contributed by atoms with Crippen LogP contribution in [0.2, 0.25) is 0 Å². The second-order valence-electron chi connectivity index (χ2n) is 13.4. The van der Waals surface area contributed by atoms with E-state index in [2.05, 4.69) is 42.5 Å². The van der Waals surface area contributed by atoms with Crippen molar-refractivity contribution in [3.63, 3.8) is 0 Å². The van der Waals surface area contributed by atoms with E-state index in [4.69, 9.17) is 0 Å². The fourth-order valence-electron chi connectivity index (χ4n) is 5.97. The molecule has 0 aliphatic rings. The zero-order valence-corrected chi connectivity index (χ0v) is 30.7. The summed E-state index contributed by atoms with van der Waals surface area (Å²) in [5.41, 5.74) is 11.9. The van der Waals surface area contributed by atoms with Crippen LogP contribution in [0.15, 0.2) is 36.4 Å². The molecular weight excluding hydrogens is 632 g/mol. The van der Waals surface area contributed by atoms with Crippen LogP contribution < -0.4 is 21.7 Å². The van der Waals surface area contributed by atoms with Gasteiger partial charge in [0.1, 0.15) is 11.5 Å². The fraction of sp³-hybridized carbons (Fsp3) is 0.600. The van der Waals surface area contributed by atoms with Gasteiger partial charge in [0.15, 0.2) is 0 Å². The lowest BCUT2D eigenvalue weighted by Gasteiger charge is -2.17. The van der Waals surface area contributed by atoms with E-state index < -0.39 is 11.8 Å². The van der Waals surface area contributed by atoms with Crippen molar-refractivity contribution >= 4 is 23.6 Å². The summed E-state index contributed by atoms with van der Waals surface area (Å²) in [6, 6.07) is 10.1.